The molecule has 0 spiro atoms. The third-order valence-electron chi connectivity index (χ3n) is 2.85. The van der Waals surface area contributed by atoms with Gasteiger partial charge in [-0.15, -0.1) is 11.6 Å². The summed E-state index contributed by atoms with van der Waals surface area (Å²) in [6.07, 6.45) is 0.797. The van der Waals surface area contributed by atoms with E-state index in [1.54, 1.807) is 12.1 Å². The van der Waals surface area contributed by atoms with Gasteiger partial charge in [0, 0.05) is 29.1 Å². The summed E-state index contributed by atoms with van der Waals surface area (Å²) in [7, 11) is 0. The lowest BCUT2D eigenvalue weighted by molar-refractivity contribution is 0.0705. The van der Waals surface area contributed by atoms with Gasteiger partial charge in [-0.1, -0.05) is 17.7 Å². The van der Waals surface area contributed by atoms with Gasteiger partial charge in [-0.3, -0.25) is 4.79 Å². The number of halogens is 2. The Morgan fingerprint density at radius 1 is 1.39 bits per heavy atom. The summed E-state index contributed by atoms with van der Waals surface area (Å²) < 4.78 is 0. The van der Waals surface area contributed by atoms with E-state index in [1.165, 1.54) is 0 Å². The van der Waals surface area contributed by atoms with Gasteiger partial charge in [-0.2, -0.15) is 0 Å². The molecule has 0 aliphatic carbocycles. The molecule has 18 heavy (non-hydrogen) atoms. The highest BCUT2D eigenvalue weighted by molar-refractivity contribution is 6.31. The number of rotatable bonds is 5. The Bertz CT molecular complexity index is 418. The molecule has 1 aromatic carbocycles. The fourth-order valence-corrected chi connectivity index (χ4v) is 2.10. The van der Waals surface area contributed by atoms with Crippen molar-refractivity contribution in [1.29, 1.82) is 0 Å². The van der Waals surface area contributed by atoms with E-state index in [2.05, 4.69) is 0 Å². The molecule has 0 N–H and O–H groups in total. The van der Waals surface area contributed by atoms with E-state index in [1.807, 2.05) is 31.7 Å². The molecule has 0 fully saturated rings. The molecule has 0 saturated carbocycles. The first kappa shape index (κ1) is 15.3. The van der Waals surface area contributed by atoms with Crippen LogP contribution in [0.2, 0.25) is 5.02 Å². The second-order valence-electron chi connectivity index (χ2n) is 4.59. The molecule has 2 nitrogen and oxygen atoms in total. The van der Waals surface area contributed by atoms with Crippen LogP contribution in [0.1, 0.15) is 36.2 Å². The average molecular weight is 288 g/mol. The zero-order valence-corrected chi connectivity index (χ0v) is 12.6. The molecular formula is C14H19Cl2NO. The Morgan fingerprint density at radius 3 is 2.61 bits per heavy atom. The van der Waals surface area contributed by atoms with E-state index in [-0.39, 0.29) is 11.9 Å². The van der Waals surface area contributed by atoms with Crippen molar-refractivity contribution in [1.82, 2.24) is 4.90 Å². The van der Waals surface area contributed by atoms with Crippen LogP contribution in [0, 0.1) is 6.92 Å². The molecule has 100 valence electrons. The number of carbonyl (C=O) groups is 1. The molecular weight excluding hydrogens is 269 g/mol. The standard InChI is InChI=1S/C14H19Cl2NO/c1-10(2)17(8-4-7-15)14(18)13-9-12(16)6-5-11(13)3/h5-6,9-10H,4,7-8H2,1-3H3. The van der Waals surface area contributed by atoms with Gasteiger partial charge >= 0.3 is 0 Å². The number of alkyl halides is 1. The molecule has 0 aromatic heterocycles. The number of benzene rings is 1. The molecule has 1 amide bonds. The summed E-state index contributed by atoms with van der Waals surface area (Å²) in [5.74, 6) is 0.584. The zero-order chi connectivity index (χ0) is 13.7. The van der Waals surface area contributed by atoms with Crippen molar-refractivity contribution >= 4 is 29.1 Å². The highest BCUT2D eigenvalue weighted by Crippen LogP contribution is 2.18. The van der Waals surface area contributed by atoms with E-state index in [4.69, 9.17) is 23.2 Å². The second-order valence-corrected chi connectivity index (χ2v) is 5.41. The molecule has 0 radical (unpaired) electrons. The minimum atomic E-state index is 0.0233. The van der Waals surface area contributed by atoms with Gasteiger partial charge in [-0.25, -0.2) is 0 Å². The number of nitrogens with zero attached hydrogens (tertiary/aromatic N) is 1. The number of aryl methyl sites for hydroxylation is 1. The van der Waals surface area contributed by atoms with Crippen molar-refractivity contribution < 1.29 is 4.79 Å². The van der Waals surface area contributed by atoms with Crippen LogP contribution < -0.4 is 0 Å². The number of hydrogen-bond acceptors (Lipinski definition) is 1. The maximum absolute atomic E-state index is 12.5. The quantitative estimate of drug-likeness (QED) is 0.746. The third-order valence-corrected chi connectivity index (χ3v) is 3.35. The highest BCUT2D eigenvalue weighted by Gasteiger charge is 2.20. The van der Waals surface area contributed by atoms with Crippen LogP contribution in [0.4, 0.5) is 0 Å². The first-order chi connectivity index (χ1) is 8.47. The summed E-state index contributed by atoms with van der Waals surface area (Å²) in [6.45, 7) is 6.60. The Morgan fingerprint density at radius 2 is 2.06 bits per heavy atom. The van der Waals surface area contributed by atoms with Gasteiger partial charge in [0.2, 0.25) is 0 Å². The molecule has 0 saturated heterocycles. The van der Waals surface area contributed by atoms with Crippen molar-refractivity contribution in [2.24, 2.45) is 0 Å². The van der Waals surface area contributed by atoms with Gasteiger partial charge in [0.1, 0.15) is 0 Å². The van der Waals surface area contributed by atoms with Crippen molar-refractivity contribution in [3.8, 4) is 0 Å². The topological polar surface area (TPSA) is 20.3 Å². The minimum Gasteiger partial charge on any atom is -0.336 e. The molecule has 0 atom stereocenters. The van der Waals surface area contributed by atoms with E-state index in [0.29, 0.717) is 23.0 Å². The summed E-state index contributed by atoms with van der Waals surface area (Å²) in [5, 5.41) is 0.588. The Kier molecular flexibility index (Phi) is 5.97. The van der Waals surface area contributed by atoms with Gasteiger partial charge in [-0.05, 0) is 44.9 Å². The van der Waals surface area contributed by atoms with Crippen LogP contribution in [0.25, 0.3) is 0 Å². The largest absolute Gasteiger partial charge is 0.336 e. The summed E-state index contributed by atoms with van der Waals surface area (Å²) in [6, 6.07) is 5.55. The third kappa shape index (κ3) is 3.89. The summed E-state index contributed by atoms with van der Waals surface area (Å²) in [4.78, 5) is 14.3. The van der Waals surface area contributed by atoms with Crippen LogP contribution in [0.3, 0.4) is 0 Å². The number of carbonyl (C=O) groups excluding carboxylic acids is 1. The van der Waals surface area contributed by atoms with Crippen LogP contribution in [0.15, 0.2) is 18.2 Å². The molecule has 0 unspecified atom stereocenters. The predicted octanol–water partition coefficient (Wildman–Crippen LogP) is 4.13. The smallest absolute Gasteiger partial charge is 0.254 e. The fourth-order valence-electron chi connectivity index (χ4n) is 1.80. The summed E-state index contributed by atoms with van der Waals surface area (Å²) in [5.41, 5.74) is 1.62. The van der Waals surface area contributed by atoms with E-state index in [0.717, 1.165) is 12.0 Å². The molecule has 1 rings (SSSR count). The molecule has 0 heterocycles. The SMILES string of the molecule is Cc1ccc(Cl)cc1C(=O)N(CCCCl)C(C)C. The molecule has 0 aliphatic rings. The zero-order valence-electron chi connectivity index (χ0n) is 11.0. The van der Waals surface area contributed by atoms with Crippen molar-refractivity contribution in [2.45, 2.75) is 33.2 Å². The second kappa shape index (κ2) is 7.01. The van der Waals surface area contributed by atoms with Crippen molar-refractivity contribution in [2.75, 3.05) is 12.4 Å². The maximum Gasteiger partial charge on any atom is 0.254 e. The lowest BCUT2D eigenvalue weighted by Gasteiger charge is -2.27. The lowest BCUT2D eigenvalue weighted by Crippen LogP contribution is -2.38. The van der Waals surface area contributed by atoms with Gasteiger partial charge in [0.25, 0.3) is 5.91 Å². The Labute approximate surface area is 119 Å². The Balaban J connectivity index is 2.98. The Hall–Kier alpha value is -0.730. The predicted molar refractivity (Wildman–Crippen MR) is 77.7 cm³/mol. The molecule has 0 bridgehead atoms. The molecule has 4 heteroatoms. The van der Waals surface area contributed by atoms with Crippen LogP contribution in [-0.2, 0) is 0 Å². The fraction of sp³-hybridized carbons (Fsp3) is 0.500. The van der Waals surface area contributed by atoms with Gasteiger partial charge in [0.05, 0.1) is 0 Å². The molecule has 0 aliphatic heterocycles. The number of amides is 1. The first-order valence-electron chi connectivity index (χ1n) is 6.10. The van der Waals surface area contributed by atoms with Crippen LogP contribution in [-0.4, -0.2) is 29.3 Å². The first-order valence-corrected chi connectivity index (χ1v) is 7.01. The van der Waals surface area contributed by atoms with Crippen molar-refractivity contribution in [3.05, 3.63) is 34.3 Å². The summed E-state index contributed by atoms with van der Waals surface area (Å²) >= 11 is 11.7. The van der Waals surface area contributed by atoms with Crippen LogP contribution >= 0.6 is 23.2 Å². The minimum absolute atomic E-state index is 0.0233. The highest BCUT2D eigenvalue weighted by atomic mass is 35.5. The van der Waals surface area contributed by atoms with Crippen LogP contribution in [0.5, 0.6) is 0 Å². The number of hydrogen-bond donors (Lipinski definition) is 0. The van der Waals surface area contributed by atoms with Crippen molar-refractivity contribution in [3.63, 3.8) is 0 Å². The average Bonchev–Trinajstić information content (AvgIpc) is 2.32. The van der Waals surface area contributed by atoms with E-state index < -0.39 is 0 Å². The lowest BCUT2D eigenvalue weighted by atomic mass is 10.1. The van der Waals surface area contributed by atoms with Gasteiger partial charge in [0.15, 0.2) is 0 Å². The monoisotopic (exact) mass is 287 g/mol. The van der Waals surface area contributed by atoms with Gasteiger partial charge < -0.3 is 4.90 Å². The maximum atomic E-state index is 12.5. The van der Waals surface area contributed by atoms with E-state index in [9.17, 15) is 4.79 Å². The normalized spacial score (nSPS) is 10.8. The molecule has 1 aromatic rings. The van der Waals surface area contributed by atoms with E-state index >= 15 is 0 Å².